The molecule has 90 valence electrons. The second kappa shape index (κ2) is 7.28. The maximum Gasteiger partial charge on any atom is 0.0451 e. The Bertz CT molecular complexity index is 333. The van der Waals surface area contributed by atoms with Crippen molar-refractivity contribution in [3.05, 3.63) is 33.3 Å². The van der Waals surface area contributed by atoms with Gasteiger partial charge in [0.2, 0.25) is 0 Å². The van der Waals surface area contributed by atoms with Gasteiger partial charge in [0.15, 0.2) is 0 Å². The first-order chi connectivity index (χ1) is 7.63. The highest BCUT2D eigenvalue weighted by Crippen LogP contribution is 2.20. The molecule has 1 unspecified atom stereocenters. The summed E-state index contributed by atoms with van der Waals surface area (Å²) in [6.07, 6.45) is 0.833. The second-order valence-corrected chi connectivity index (χ2v) is 5.31. The number of nitrogens with one attached hydrogen (secondary N) is 1. The molecule has 0 aliphatic carbocycles. The quantitative estimate of drug-likeness (QED) is 0.846. The molecule has 0 saturated heterocycles. The number of rotatable bonds is 6. The zero-order valence-corrected chi connectivity index (χ0v) is 11.7. The molecular weight excluding hydrogens is 289 g/mol. The van der Waals surface area contributed by atoms with E-state index in [1.165, 1.54) is 0 Å². The molecular formula is C12H17BrClNO. The van der Waals surface area contributed by atoms with Crippen molar-refractivity contribution in [2.24, 2.45) is 5.92 Å². The van der Waals surface area contributed by atoms with Crippen LogP contribution in [-0.2, 0) is 6.54 Å². The van der Waals surface area contributed by atoms with Crippen LogP contribution in [0.2, 0.25) is 5.02 Å². The Labute approximate surface area is 110 Å². The maximum atomic E-state index is 8.78. The van der Waals surface area contributed by atoms with E-state index in [4.69, 9.17) is 16.7 Å². The minimum Gasteiger partial charge on any atom is -0.396 e. The van der Waals surface area contributed by atoms with Crippen LogP contribution < -0.4 is 5.32 Å². The lowest BCUT2D eigenvalue weighted by Crippen LogP contribution is -2.21. The minimum absolute atomic E-state index is 0.250. The first-order valence-corrected chi connectivity index (χ1v) is 6.56. The van der Waals surface area contributed by atoms with Gasteiger partial charge >= 0.3 is 0 Å². The molecule has 0 heterocycles. The molecule has 0 amide bonds. The summed E-state index contributed by atoms with van der Waals surface area (Å²) in [5.74, 6) is 0.482. The number of hydrogen-bond donors (Lipinski definition) is 2. The van der Waals surface area contributed by atoms with E-state index < -0.39 is 0 Å². The molecule has 0 fully saturated rings. The van der Waals surface area contributed by atoms with E-state index in [0.717, 1.165) is 34.6 Å². The van der Waals surface area contributed by atoms with E-state index in [0.29, 0.717) is 5.92 Å². The molecule has 1 aromatic carbocycles. The van der Waals surface area contributed by atoms with Gasteiger partial charge in [0.1, 0.15) is 0 Å². The van der Waals surface area contributed by atoms with Crippen LogP contribution in [-0.4, -0.2) is 18.3 Å². The highest BCUT2D eigenvalue weighted by Gasteiger charge is 2.03. The van der Waals surface area contributed by atoms with Crippen LogP contribution in [0.5, 0.6) is 0 Å². The Kier molecular flexibility index (Phi) is 6.36. The van der Waals surface area contributed by atoms with Gasteiger partial charge in [-0.05, 0) is 42.6 Å². The van der Waals surface area contributed by atoms with Gasteiger partial charge in [-0.15, -0.1) is 0 Å². The zero-order valence-electron chi connectivity index (χ0n) is 9.34. The molecule has 0 radical (unpaired) electrons. The molecule has 0 aromatic heterocycles. The Hall–Kier alpha value is -0.0900. The first kappa shape index (κ1) is 14.0. The third kappa shape index (κ3) is 4.83. The van der Waals surface area contributed by atoms with Crippen molar-refractivity contribution in [1.29, 1.82) is 0 Å². The van der Waals surface area contributed by atoms with Gasteiger partial charge < -0.3 is 10.4 Å². The average molecular weight is 307 g/mol. The van der Waals surface area contributed by atoms with Gasteiger partial charge in [0, 0.05) is 22.6 Å². The van der Waals surface area contributed by atoms with Crippen molar-refractivity contribution in [2.45, 2.75) is 19.9 Å². The summed E-state index contributed by atoms with van der Waals surface area (Å²) in [6, 6.07) is 5.84. The van der Waals surface area contributed by atoms with Crippen LogP contribution in [0.3, 0.4) is 0 Å². The van der Waals surface area contributed by atoms with E-state index in [1.807, 2.05) is 18.2 Å². The van der Waals surface area contributed by atoms with Crippen molar-refractivity contribution in [3.63, 3.8) is 0 Å². The lowest BCUT2D eigenvalue weighted by atomic mass is 10.1. The highest BCUT2D eigenvalue weighted by atomic mass is 79.9. The topological polar surface area (TPSA) is 32.3 Å². The van der Waals surface area contributed by atoms with Crippen molar-refractivity contribution >= 4 is 27.5 Å². The Morgan fingerprint density at radius 1 is 1.50 bits per heavy atom. The zero-order chi connectivity index (χ0) is 12.0. The van der Waals surface area contributed by atoms with Crippen molar-refractivity contribution in [3.8, 4) is 0 Å². The van der Waals surface area contributed by atoms with Gasteiger partial charge in [-0.2, -0.15) is 0 Å². The third-order valence-corrected chi connectivity index (χ3v) is 3.30. The van der Waals surface area contributed by atoms with Crippen molar-refractivity contribution < 1.29 is 5.11 Å². The predicted octanol–water partition coefficient (Wildman–Crippen LogP) is 3.21. The van der Waals surface area contributed by atoms with Crippen LogP contribution >= 0.6 is 27.5 Å². The van der Waals surface area contributed by atoms with Crippen LogP contribution in [0.15, 0.2) is 22.7 Å². The summed E-state index contributed by atoms with van der Waals surface area (Å²) in [6.45, 7) is 4.02. The van der Waals surface area contributed by atoms with Crippen LogP contribution in [0.4, 0.5) is 0 Å². The molecule has 0 spiro atoms. The van der Waals surface area contributed by atoms with E-state index in [-0.39, 0.29) is 6.61 Å². The summed E-state index contributed by atoms with van der Waals surface area (Å²) < 4.78 is 1.04. The lowest BCUT2D eigenvalue weighted by molar-refractivity contribution is 0.260. The van der Waals surface area contributed by atoms with Crippen molar-refractivity contribution in [2.75, 3.05) is 13.2 Å². The molecule has 0 saturated carbocycles. The van der Waals surface area contributed by atoms with Gasteiger partial charge in [0.25, 0.3) is 0 Å². The number of aliphatic hydroxyl groups is 1. The normalized spacial score (nSPS) is 12.8. The summed E-state index contributed by atoms with van der Waals surface area (Å²) in [5, 5.41) is 12.9. The van der Waals surface area contributed by atoms with Gasteiger partial charge in [0.05, 0.1) is 0 Å². The van der Waals surface area contributed by atoms with Crippen molar-refractivity contribution in [1.82, 2.24) is 5.32 Å². The number of hydrogen-bond acceptors (Lipinski definition) is 2. The molecule has 0 bridgehead atoms. The molecule has 2 nitrogen and oxygen atoms in total. The monoisotopic (exact) mass is 305 g/mol. The molecule has 1 aromatic rings. The molecule has 2 N–H and O–H groups in total. The first-order valence-electron chi connectivity index (χ1n) is 5.39. The number of benzene rings is 1. The van der Waals surface area contributed by atoms with E-state index in [2.05, 4.69) is 28.2 Å². The highest BCUT2D eigenvalue weighted by molar-refractivity contribution is 9.10. The average Bonchev–Trinajstić information content (AvgIpc) is 2.23. The Balaban J connectivity index is 2.39. The van der Waals surface area contributed by atoms with Crippen LogP contribution in [0.1, 0.15) is 18.9 Å². The van der Waals surface area contributed by atoms with Gasteiger partial charge in [-0.1, -0.05) is 34.5 Å². The largest absolute Gasteiger partial charge is 0.396 e. The lowest BCUT2D eigenvalue weighted by Gasteiger charge is -2.12. The molecule has 1 atom stereocenters. The summed E-state index contributed by atoms with van der Waals surface area (Å²) >= 11 is 9.49. The number of aliphatic hydroxyl groups excluding tert-OH is 1. The maximum absolute atomic E-state index is 8.78. The summed E-state index contributed by atoms with van der Waals surface area (Å²) in [5.41, 5.74) is 1.09. The minimum atomic E-state index is 0.250. The molecule has 0 aliphatic rings. The molecule has 0 aliphatic heterocycles. The predicted molar refractivity (Wildman–Crippen MR) is 71.7 cm³/mol. The SMILES string of the molecule is CC(CCO)CNCc1cc(Br)ccc1Cl. The van der Waals surface area contributed by atoms with Crippen LogP contribution in [0, 0.1) is 5.92 Å². The van der Waals surface area contributed by atoms with E-state index in [9.17, 15) is 0 Å². The third-order valence-electron chi connectivity index (χ3n) is 2.44. The fourth-order valence-corrected chi connectivity index (χ4v) is 2.05. The fraction of sp³-hybridized carbons (Fsp3) is 0.500. The molecule has 16 heavy (non-hydrogen) atoms. The summed E-state index contributed by atoms with van der Waals surface area (Å²) in [4.78, 5) is 0. The van der Waals surface area contributed by atoms with E-state index in [1.54, 1.807) is 0 Å². The molecule has 4 heteroatoms. The van der Waals surface area contributed by atoms with E-state index >= 15 is 0 Å². The van der Waals surface area contributed by atoms with Crippen LogP contribution in [0.25, 0.3) is 0 Å². The van der Waals surface area contributed by atoms with Gasteiger partial charge in [-0.25, -0.2) is 0 Å². The second-order valence-electron chi connectivity index (χ2n) is 3.98. The molecule has 1 rings (SSSR count). The Morgan fingerprint density at radius 3 is 2.94 bits per heavy atom. The smallest absolute Gasteiger partial charge is 0.0451 e. The number of halogens is 2. The summed E-state index contributed by atoms with van der Waals surface area (Å²) in [7, 11) is 0. The fourth-order valence-electron chi connectivity index (χ4n) is 1.45. The Morgan fingerprint density at radius 2 is 2.25 bits per heavy atom. The standard InChI is InChI=1S/C12H17BrClNO/c1-9(4-5-16)7-15-8-10-6-11(13)2-3-12(10)14/h2-3,6,9,15-16H,4-5,7-8H2,1H3. The van der Waals surface area contributed by atoms with Gasteiger partial charge in [-0.3, -0.25) is 0 Å².